The Labute approximate surface area is 203 Å². The van der Waals surface area contributed by atoms with Crippen LogP contribution in [0.1, 0.15) is 46.8 Å². The van der Waals surface area contributed by atoms with E-state index in [4.69, 9.17) is 4.74 Å². The van der Waals surface area contributed by atoms with Crippen LogP contribution in [0.2, 0.25) is 0 Å². The molecule has 4 heterocycles. The lowest BCUT2D eigenvalue weighted by atomic mass is 9.75. The molecule has 3 amide bonds. The van der Waals surface area contributed by atoms with Gasteiger partial charge in [-0.05, 0) is 70.0 Å². The minimum Gasteiger partial charge on any atom is -0.462 e. The van der Waals surface area contributed by atoms with Gasteiger partial charge in [0.15, 0.2) is 0 Å². The number of nitrogens with zero attached hydrogens (tertiary/aromatic N) is 2. The molecule has 8 nitrogen and oxygen atoms in total. The Morgan fingerprint density at radius 2 is 1.86 bits per heavy atom. The first-order valence-corrected chi connectivity index (χ1v) is 12.2. The van der Waals surface area contributed by atoms with Crippen LogP contribution in [0.3, 0.4) is 0 Å². The SMILES string of the molecule is CCOC(=O)c1ccc(N2C(=O)[C@H]3[C@@H](C2=O)[C@]2(C(=O)Nc4c(C)cc(C)cc42)N2CCC[C@@H]32)cc1. The largest absolute Gasteiger partial charge is 0.462 e. The molecule has 3 fully saturated rings. The number of imide groups is 1. The first-order valence-electron chi connectivity index (χ1n) is 12.2. The van der Waals surface area contributed by atoms with E-state index in [1.807, 2.05) is 26.0 Å². The van der Waals surface area contributed by atoms with Crippen molar-refractivity contribution in [3.05, 3.63) is 58.7 Å². The van der Waals surface area contributed by atoms with E-state index in [9.17, 15) is 19.2 Å². The summed E-state index contributed by atoms with van der Waals surface area (Å²) in [6.07, 6.45) is 1.64. The Hall–Kier alpha value is -3.52. The summed E-state index contributed by atoms with van der Waals surface area (Å²) in [5.41, 5.74) is 3.09. The maximum absolute atomic E-state index is 14.0. The number of aryl methyl sites for hydroxylation is 2. The lowest BCUT2D eigenvalue weighted by molar-refractivity contribution is -0.135. The Morgan fingerprint density at radius 3 is 2.57 bits per heavy atom. The fraction of sp³-hybridized carbons (Fsp3) is 0.407. The standard InChI is InChI=1S/C27H27N3O5/c1-4-35-25(33)16-7-9-17(10-8-16)30-23(31)20-19-6-5-11-29(19)27(21(20)24(30)32)18-13-14(2)12-15(3)22(18)28-26(27)34/h7-10,12-13,19-21H,4-6,11H2,1-3H3,(H,28,34)/t19-,20+,21-,27+/m0/s1. The zero-order chi connectivity index (χ0) is 24.6. The number of esters is 1. The molecule has 0 saturated carbocycles. The number of amides is 3. The third kappa shape index (κ3) is 2.71. The minimum absolute atomic E-state index is 0.169. The van der Waals surface area contributed by atoms with Crippen LogP contribution in [0.15, 0.2) is 36.4 Å². The van der Waals surface area contributed by atoms with Crippen molar-refractivity contribution < 1.29 is 23.9 Å². The van der Waals surface area contributed by atoms with E-state index in [0.29, 0.717) is 17.8 Å². The number of carbonyl (C=O) groups is 4. The highest BCUT2D eigenvalue weighted by Crippen LogP contribution is 2.61. The normalized spacial score (nSPS) is 28.9. The van der Waals surface area contributed by atoms with Gasteiger partial charge in [0.25, 0.3) is 0 Å². The Morgan fingerprint density at radius 1 is 1.11 bits per heavy atom. The molecule has 4 atom stereocenters. The molecule has 0 radical (unpaired) electrons. The molecule has 4 aliphatic rings. The van der Waals surface area contributed by atoms with Crippen molar-refractivity contribution in [1.29, 1.82) is 0 Å². The van der Waals surface area contributed by atoms with Crippen molar-refractivity contribution in [2.75, 3.05) is 23.4 Å². The molecule has 35 heavy (non-hydrogen) atoms. The molecule has 8 heteroatoms. The van der Waals surface area contributed by atoms with Gasteiger partial charge in [-0.15, -0.1) is 0 Å². The second-order valence-electron chi connectivity index (χ2n) is 9.91. The quantitative estimate of drug-likeness (QED) is 0.544. The Bertz CT molecular complexity index is 1300. The van der Waals surface area contributed by atoms with Gasteiger partial charge in [0.2, 0.25) is 17.7 Å². The van der Waals surface area contributed by atoms with Crippen molar-refractivity contribution in [2.45, 2.75) is 45.2 Å². The Balaban J connectivity index is 1.46. The zero-order valence-corrected chi connectivity index (χ0v) is 20.0. The fourth-order valence-electron chi connectivity index (χ4n) is 6.88. The van der Waals surface area contributed by atoms with E-state index < -0.39 is 23.3 Å². The van der Waals surface area contributed by atoms with Crippen molar-refractivity contribution in [3.63, 3.8) is 0 Å². The van der Waals surface area contributed by atoms with Gasteiger partial charge in [-0.3, -0.25) is 19.3 Å². The van der Waals surface area contributed by atoms with E-state index in [1.165, 1.54) is 4.90 Å². The third-order valence-electron chi connectivity index (χ3n) is 8.08. The summed E-state index contributed by atoms with van der Waals surface area (Å²) >= 11 is 0. The molecule has 4 aliphatic heterocycles. The highest BCUT2D eigenvalue weighted by Gasteiger charge is 2.74. The van der Waals surface area contributed by atoms with Gasteiger partial charge in [-0.2, -0.15) is 0 Å². The molecule has 2 aromatic rings. The van der Waals surface area contributed by atoms with Crippen molar-refractivity contribution in [1.82, 2.24) is 4.90 Å². The number of hydrogen-bond donors (Lipinski definition) is 1. The smallest absolute Gasteiger partial charge is 0.338 e. The highest BCUT2D eigenvalue weighted by atomic mass is 16.5. The summed E-state index contributed by atoms with van der Waals surface area (Å²) in [4.78, 5) is 57.0. The summed E-state index contributed by atoms with van der Waals surface area (Å²) in [6.45, 7) is 6.60. The molecule has 3 saturated heterocycles. The fourth-order valence-corrected chi connectivity index (χ4v) is 6.88. The number of rotatable bonds is 3. The summed E-state index contributed by atoms with van der Waals surface area (Å²) in [7, 11) is 0. The van der Waals surface area contributed by atoms with E-state index >= 15 is 0 Å². The number of carbonyl (C=O) groups excluding carboxylic acids is 4. The minimum atomic E-state index is -1.19. The molecule has 0 aromatic heterocycles. The predicted molar refractivity (Wildman–Crippen MR) is 128 cm³/mol. The maximum atomic E-state index is 14.0. The number of fused-ring (bicyclic) bond motifs is 7. The van der Waals surface area contributed by atoms with Crippen LogP contribution in [0.4, 0.5) is 11.4 Å². The summed E-state index contributed by atoms with van der Waals surface area (Å²) in [6, 6.07) is 10.2. The summed E-state index contributed by atoms with van der Waals surface area (Å²) in [5, 5.41) is 3.06. The van der Waals surface area contributed by atoms with Crippen LogP contribution in [0.5, 0.6) is 0 Å². The maximum Gasteiger partial charge on any atom is 0.338 e. The predicted octanol–water partition coefficient (Wildman–Crippen LogP) is 2.91. The summed E-state index contributed by atoms with van der Waals surface area (Å²) in [5.74, 6) is -2.70. The molecule has 2 aromatic carbocycles. The first kappa shape index (κ1) is 22.0. The van der Waals surface area contributed by atoms with Crippen LogP contribution in [-0.4, -0.2) is 47.8 Å². The van der Waals surface area contributed by atoms with Gasteiger partial charge >= 0.3 is 5.97 Å². The monoisotopic (exact) mass is 473 g/mol. The van der Waals surface area contributed by atoms with Gasteiger partial charge in [0.05, 0.1) is 29.7 Å². The van der Waals surface area contributed by atoms with E-state index in [0.717, 1.165) is 35.2 Å². The van der Waals surface area contributed by atoms with Gasteiger partial charge in [-0.25, -0.2) is 9.69 Å². The molecule has 6 rings (SSSR count). The molecule has 1 spiro atoms. The molecule has 0 bridgehead atoms. The Kier molecular flexibility index (Phi) is 4.70. The number of hydrogen-bond acceptors (Lipinski definition) is 6. The molecular formula is C27H27N3O5. The molecule has 0 unspecified atom stereocenters. The topological polar surface area (TPSA) is 96.0 Å². The van der Waals surface area contributed by atoms with Gasteiger partial charge < -0.3 is 10.1 Å². The van der Waals surface area contributed by atoms with Crippen LogP contribution >= 0.6 is 0 Å². The lowest BCUT2D eigenvalue weighted by Gasteiger charge is -2.36. The summed E-state index contributed by atoms with van der Waals surface area (Å²) < 4.78 is 5.03. The van der Waals surface area contributed by atoms with Crippen LogP contribution in [0.25, 0.3) is 0 Å². The highest BCUT2D eigenvalue weighted by molar-refractivity contribution is 6.26. The third-order valence-corrected chi connectivity index (χ3v) is 8.08. The first-order chi connectivity index (χ1) is 16.8. The van der Waals surface area contributed by atoms with Crippen LogP contribution in [-0.2, 0) is 24.7 Å². The molecule has 180 valence electrons. The van der Waals surface area contributed by atoms with Gasteiger partial charge in [-0.1, -0.05) is 17.7 Å². The molecule has 1 N–H and O–H groups in total. The van der Waals surface area contributed by atoms with Crippen molar-refractivity contribution in [2.24, 2.45) is 11.8 Å². The molecule has 0 aliphatic carbocycles. The zero-order valence-electron chi connectivity index (χ0n) is 20.0. The van der Waals surface area contributed by atoms with Crippen molar-refractivity contribution in [3.8, 4) is 0 Å². The van der Waals surface area contributed by atoms with E-state index in [-0.39, 0.29) is 30.4 Å². The van der Waals surface area contributed by atoms with E-state index in [1.54, 1.807) is 31.2 Å². The van der Waals surface area contributed by atoms with Crippen LogP contribution in [0, 0.1) is 25.7 Å². The second kappa shape index (κ2) is 7.49. The number of anilines is 2. The van der Waals surface area contributed by atoms with Crippen molar-refractivity contribution >= 4 is 35.1 Å². The average molecular weight is 474 g/mol. The number of nitrogens with one attached hydrogen (secondary N) is 1. The average Bonchev–Trinajstić information content (AvgIpc) is 3.53. The van der Waals surface area contributed by atoms with Gasteiger partial charge in [0, 0.05) is 17.3 Å². The lowest BCUT2D eigenvalue weighted by Crippen LogP contribution is -2.54. The molecular weight excluding hydrogens is 446 g/mol. The van der Waals surface area contributed by atoms with Crippen LogP contribution < -0.4 is 10.2 Å². The van der Waals surface area contributed by atoms with Gasteiger partial charge in [0.1, 0.15) is 5.54 Å². The number of benzene rings is 2. The number of ether oxygens (including phenoxy) is 1. The van der Waals surface area contributed by atoms with E-state index in [2.05, 4.69) is 10.2 Å². The second-order valence-corrected chi connectivity index (χ2v) is 9.91.